The molecule has 0 saturated heterocycles. The van der Waals surface area contributed by atoms with Crippen molar-refractivity contribution in [2.45, 2.75) is 13.3 Å². The molecule has 0 radical (unpaired) electrons. The van der Waals surface area contributed by atoms with Crippen molar-refractivity contribution in [3.63, 3.8) is 0 Å². The number of nitrogens with one attached hydrogen (secondary N) is 3. The first-order chi connectivity index (χ1) is 12.6. The van der Waals surface area contributed by atoms with Crippen LogP contribution in [-0.4, -0.2) is 36.4 Å². The monoisotopic (exact) mass is 350 g/mol. The third-order valence-corrected chi connectivity index (χ3v) is 4.33. The van der Waals surface area contributed by atoms with Crippen LogP contribution in [0.1, 0.15) is 32.7 Å². The molecule has 2 amide bonds. The van der Waals surface area contributed by atoms with Crippen LogP contribution in [0.2, 0.25) is 0 Å². The Labute approximate surface area is 152 Å². The summed E-state index contributed by atoms with van der Waals surface area (Å²) in [5.74, 6) is -0.463. The SMILES string of the molecule is Cc1cccc(C(=O)NCC2=CCNCC2)c1NC(=O)c1ccncc1. The Hall–Kier alpha value is -2.99. The van der Waals surface area contributed by atoms with Gasteiger partial charge >= 0.3 is 0 Å². The van der Waals surface area contributed by atoms with E-state index in [1.807, 2.05) is 19.1 Å². The van der Waals surface area contributed by atoms with Crippen molar-refractivity contribution in [2.75, 3.05) is 25.0 Å². The minimum atomic E-state index is -0.267. The molecule has 6 nitrogen and oxygen atoms in total. The predicted octanol–water partition coefficient (Wildman–Crippen LogP) is 2.29. The van der Waals surface area contributed by atoms with Gasteiger partial charge in [0.25, 0.3) is 11.8 Å². The fourth-order valence-electron chi connectivity index (χ4n) is 2.83. The molecular formula is C20H22N4O2. The van der Waals surface area contributed by atoms with Crippen LogP contribution in [0.5, 0.6) is 0 Å². The average molecular weight is 350 g/mol. The summed E-state index contributed by atoms with van der Waals surface area (Å²) in [6.45, 7) is 4.16. The normalized spacial score (nSPS) is 13.7. The van der Waals surface area contributed by atoms with E-state index in [1.165, 1.54) is 5.57 Å². The summed E-state index contributed by atoms with van der Waals surface area (Å²) in [7, 11) is 0. The number of aryl methyl sites for hydroxylation is 1. The topological polar surface area (TPSA) is 83.1 Å². The molecule has 0 atom stereocenters. The fraction of sp³-hybridized carbons (Fsp3) is 0.250. The van der Waals surface area contributed by atoms with Gasteiger partial charge < -0.3 is 16.0 Å². The van der Waals surface area contributed by atoms with Crippen LogP contribution in [-0.2, 0) is 0 Å². The number of amides is 2. The number of rotatable bonds is 5. The number of benzene rings is 1. The highest BCUT2D eigenvalue weighted by Crippen LogP contribution is 2.21. The zero-order valence-electron chi connectivity index (χ0n) is 14.7. The number of pyridine rings is 1. The summed E-state index contributed by atoms with van der Waals surface area (Å²) in [5, 5.41) is 9.06. The summed E-state index contributed by atoms with van der Waals surface area (Å²) in [5.41, 5.74) is 3.54. The molecule has 1 aromatic carbocycles. The second-order valence-electron chi connectivity index (χ2n) is 6.19. The third-order valence-electron chi connectivity index (χ3n) is 4.33. The van der Waals surface area contributed by atoms with E-state index in [1.54, 1.807) is 30.6 Å². The summed E-state index contributed by atoms with van der Waals surface area (Å²) < 4.78 is 0. The molecule has 6 heteroatoms. The summed E-state index contributed by atoms with van der Waals surface area (Å²) in [6.07, 6.45) is 6.16. The van der Waals surface area contributed by atoms with E-state index >= 15 is 0 Å². The third kappa shape index (κ3) is 4.34. The molecule has 26 heavy (non-hydrogen) atoms. The lowest BCUT2D eigenvalue weighted by Crippen LogP contribution is -2.30. The molecule has 1 aromatic heterocycles. The standard InChI is InChI=1S/C20H22N4O2/c1-14-3-2-4-17(20(26)23-13-15-5-9-21-10-6-15)18(14)24-19(25)16-7-11-22-12-8-16/h2-5,7-8,11-12,21H,6,9-10,13H2,1H3,(H,23,26)(H,24,25). The van der Waals surface area contributed by atoms with Gasteiger partial charge in [0.05, 0.1) is 11.3 Å². The maximum absolute atomic E-state index is 12.7. The Kier molecular flexibility index (Phi) is 5.76. The second kappa shape index (κ2) is 8.40. The van der Waals surface area contributed by atoms with E-state index in [0.29, 0.717) is 23.4 Å². The number of anilines is 1. The van der Waals surface area contributed by atoms with Crippen LogP contribution < -0.4 is 16.0 Å². The summed E-state index contributed by atoms with van der Waals surface area (Å²) in [6, 6.07) is 8.68. The van der Waals surface area contributed by atoms with Crippen LogP contribution >= 0.6 is 0 Å². The van der Waals surface area contributed by atoms with Gasteiger partial charge in [0, 0.05) is 31.0 Å². The van der Waals surface area contributed by atoms with E-state index in [0.717, 1.165) is 25.1 Å². The van der Waals surface area contributed by atoms with Gasteiger partial charge in [-0.15, -0.1) is 0 Å². The Morgan fingerprint density at radius 3 is 2.69 bits per heavy atom. The lowest BCUT2D eigenvalue weighted by molar-refractivity contribution is 0.0957. The van der Waals surface area contributed by atoms with Crippen LogP contribution in [0.4, 0.5) is 5.69 Å². The first-order valence-electron chi connectivity index (χ1n) is 8.63. The van der Waals surface area contributed by atoms with Gasteiger partial charge in [-0.05, 0) is 43.7 Å². The minimum Gasteiger partial charge on any atom is -0.348 e. The largest absolute Gasteiger partial charge is 0.348 e. The number of carbonyl (C=O) groups excluding carboxylic acids is 2. The maximum atomic E-state index is 12.7. The van der Waals surface area contributed by atoms with Gasteiger partial charge in [0.15, 0.2) is 0 Å². The average Bonchev–Trinajstić information content (AvgIpc) is 2.69. The molecule has 0 aliphatic carbocycles. The zero-order valence-corrected chi connectivity index (χ0v) is 14.7. The van der Waals surface area contributed by atoms with Gasteiger partial charge in [0.1, 0.15) is 0 Å². The van der Waals surface area contributed by atoms with Crippen molar-refractivity contribution < 1.29 is 9.59 Å². The van der Waals surface area contributed by atoms with Crippen LogP contribution in [0, 0.1) is 6.92 Å². The Bertz CT molecular complexity index is 831. The molecule has 0 fully saturated rings. The van der Waals surface area contributed by atoms with E-state index in [9.17, 15) is 9.59 Å². The Balaban J connectivity index is 1.75. The molecule has 134 valence electrons. The number of aromatic nitrogens is 1. The van der Waals surface area contributed by atoms with Gasteiger partial charge in [-0.25, -0.2) is 0 Å². The highest BCUT2D eigenvalue weighted by molar-refractivity contribution is 6.09. The molecule has 0 spiro atoms. The molecule has 2 heterocycles. The number of hydrogen-bond acceptors (Lipinski definition) is 4. The van der Waals surface area contributed by atoms with Gasteiger partial charge in [-0.1, -0.05) is 23.8 Å². The second-order valence-corrected chi connectivity index (χ2v) is 6.19. The first kappa shape index (κ1) is 17.8. The van der Waals surface area contributed by atoms with Crippen molar-refractivity contribution in [3.8, 4) is 0 Å². The highest BCUT2D eigenvalue weighted by atomic mass is 16.2. The molecule has 0 unspecified atom stereocenters. The van der Waals surface area contributed by atoms with Crippen molar-refractivity contribution in [1.82, 2.24) is 15.6 Å². The molecule has 2 aromatic rings. The molecule has 1 aliphatic rings. The smallest absolute Gasteiger partial charge is 0.255 e. The number of hydrogen-bond donors (Lipinski definition) is 3. The van der Waals surface area contributed by atoms with E-state index in [2.05, 4.69) is 27.0 Å². The Morgan fingerprint density at radius 1 is 1.15 bits per heavy atom. The van der Waals surface area contributed by atoms with Gasteiger partial charge in [-0.3, -0.25) is 14.6 Å². The molecule has 0 saturated carbocycles. The molecule has 1 aliphatic heterocycles. The van der Waals surface area contributed by atoms with Crippen molar-refractivity contribution >= 4 is 17.5 Å². The maximum Gasteiger partial charge on any atom is 0.255 e. The van der Waals surface area contributed by atoms with Crippen molar-refractivity contribution in [3.05, 3.63) is 71.1 Å². The molecule has 3 rings (SSSR count). The van der Waals surface area contributed by atoms with E-state index in [4.69, 9.17) is 0 Å². The molecule has 3 N–H and O–H groups in total. The van der Waals surface area contributed by atoms with Gasteiger partial charge in [0.2, 0.25) is 0 Å². The van der Waals surface area contributed by atoms with E-state index in [-0.39, 0.29) is 11.8 Å². The number of carbonyl (C=O) groups is 2. The zero-order chi connectivity index (χ0) is 18.4. The quantitative estimate of drug-likeness (QED) is 0.723. The summed E-state index contributed by atoms with van der Waals surface area (Å²) in [4.78, 5) is 29.0. The molecular weight excluding hydrogens is 328 g/mol. The number of nitrogens with zero attached hydrogens (tertiary/aromatic N) is 1. The lowest BCUT2D eigenvalue weighted by Gasteiger charge is -2.17. The van der Waals surface area contributed by atoms with Crippen LogP contribution in [0.15, 0.2) is 54.4 Å². The lowest BCUT2D eigenvalue weighted by atomic mass is 10.1. The van der Waals surface area contributed by atoms with Crippen molar-refractivity contribution in [1.29, 1.82) is 0 Å². The first-order valence-corrected chi connectivity index (χ1v) is 8.63. The summed E-state index contributed by atoms with van der Waals surface area (Å²) >= 11 is 0. The fourth-order valence-corrected chi connectivity index (χ4v) is 2.83. The van der Waals surface area contributed by atoms with Crippen LogP contribution in [0.3, 0.4) is 0 Å². The number of para-hydroxylation sites is 1. The van der Waals surface area contributed by atoms with Crippen molar-refractivity contribution in [2.24, 2.45) is 0 Å². The van der Waals surface area contributed by atoms with Crippen LogP contribution in [0.25, 0.3) is 0 Å². The minimum absolute atomic E-state index is 0.196. The molecule has 0 bridgehead atoms. The Morgan fingerprint density at radius 2 is 1.96 bits per heavy atom. The van der Waals surface area contributed by atoms with E-state index < -0.39 is 0 Å². The highest BCUT2D eigenvalue weighted by Gasteiger charge is 2.16. The van der Waals surface area contributed by atoms with Gasteiger partial charge in [-0.2, -0.15) is 0 Å². The predicted molar refractivity (Wildman–Crippen MR) is 101 cm³/mol.